The molecule has 0 unspecified atom stereocenters. The topological polar surface area (TPSA) is 43.8 Å². The number of benzene rings is 1. The zero-order valence-corrected chi connectivity index (χ0v) is 14.7. The number of aliphatic hydroxyl groups excluding tert-OH is 1. The summed E-state index contributed by atoms with van der Waals surface area (Å²) >= 11 is 0. The Balaban J connectivity index is 1.80. The van der Waals surface area contributed by atoms with E-state index in [0.717, 1.165) is 38.2 Å². The van der Waals surface area contributed by atoms with Crippen molar-refractivity contribution in [2.24, 2.45) is 5.92 Å². The molecule has 1 aromatic rings. The largest absolute Gasteiger partial charge is 0.393 e. The molecule has 1 aromatic carbocycles. The fourth-order valence-corrected chi connectivity index (χ4v) is 4.27. The number of piperidine rings is 1. The Labute approximate surface area is 139 Å². The molecule has 0 spiro atoms. The van der Waals surface area contributed by atoms with Gasteiger partial charge in [0.1, 0.15) is 0 Å². The van der Waals surface area contributed by atoms with E-state index in [-0.39, 0.29) is 24.0 Å². The van der Waals surface area contributed by atoms with E-state index in [1.807, 2.05) is 4.90 Å². The number of aryl methyl sites for hydroxylation is 3. The minimum atomic E-state index is -0.222. The van der Waals surface area contributed by atoms with Crippen molar-refractivity contribution >= 4 is 11.6 Å². The molecule has 0 aromatic heterocycles. The van der Waals surface area contributed by atoms with Gasteiger partial charge in [-0.2, -0.15) is 0 Å². The Bertz CT molecular complexity index is 590. The van der Waals surface area contributed by atoms with Gasteiger partial charge in [-0.1, -0.05) is 24.6 Å². The van der Waals surface area contributed by atoms with Gasteiger partial charge in [-0.05, 0) is 50.7 Å². The average molecular weight is 316 g/mol. The van der Waals surface area contributed by atoms with Gasteiger partial charge in [-0.25, -0.2) is 0 Å². The summed E-state index contributed by atoms with van der Waals surface area (Å²) in [6.45, 7) is 10.8. The van der Waals surface area contributed by atoms with Crippen molar-refractivity contribution in [2.45, 2.75) is 52.7 Å². The monoisotopic (exact) mass is 316 g/mol. The van der Waals surface area contributed by atoms with Gasteiger partial charge in [0, 0.05) is 25.3 Å². The van der Waals surface area contributed by atoms with E-state index in [9.17, 15) is 9.90 Å². The molecule has 2 aliphatic rings. The highest BCUT2D eigenvalue weighted by molar-refractivity contribution is 6.00. The molecule has 2 heterocycles. The van der Waals surface area contributed by atoms with Crippen molar-refractivity contribution in [3.63, 3.8) is 0 Å². The van der Waals surface area contributed by atoms with Crippen LogP contribution in [0.3, 0.4) is 0 Å². The first-order valence-corrected chi connectivity index (χ1v) is 8.70. The predicted molar refractivity (Wildman–Crippen MR) is 92.8 cm³/mol. The van der Waals surface area contributed by atoms with Crippen LogP contribution in [0, 0.1) is 26.7 Å². The van der Waals surface area contributed by atoms with Gasteiger partial charge in [0.2, 0.25) is 5.91 Å². The standard InChI is InChI=1S/C19H28N2O2/c1-12-9-13(2)18(14(3)10-12)21-8-5-16(19(21)23)20-7-6-17(22)15(4)11-20/h9-10,15-17,22H,5-8,11H2,1-4H3/t15-,16-,17+/m0/s1. The van der Waals surface area contributed by atoms with Crippen LogP contribution in [0.2, 0.25) is 0 Å². The summed E-state index contributed by atoms with van der Waals surface area (Å²) in [6, 6.07) is 4.29. The van der Waals surface area contributed by atoms with Crippen LogP contribution < -0.4 is 4.90 Å². The lowest BCUT2D eigenvalue weighted by molar-refractivity contribution is -0.123. The molecule has 3 rings (SSSR count). The number of amides is 1. The molecule has 23 heavy (non-hydrogen) atoms. The smallest absolute Gasteiger partial charge is 0.244 e. The number of anilines is 1. The van der Waals surface area contributed by atoms with E-state index < -0.39 is 0 Å². The van der Waals surface area contributed by atoms with Crippen molar-refractivity contribution in [3.05, 3.63) is 28.8 Å². The molecular weight excluding hydrogens is 288 g/mol. The maximum Gasteiger partial charge on any atom is 0.244 e. The van der Waals surface area contributed by atoms with Gasteiger partial charge < -0.3 is 10.0 Å². The first-order chi connectivity index (χ1) is 10.9. The third kappa shape index (κ3) is 3.02. The zero-order chi connectivity index (χ0) is 16.7. The molecule has 2 fully saturated rings. The Hall–Kier alpha value is -1.39. The van der Waals surface area contributed by atoms with Crippen LogP contribution in [0.4, 0.5) is 5.69 Å². The van der Waals surface area contributed by atoms with Crippen molar-refractivity contribution in [1.29, 1.82) is 0 Å². The SMILES string of the molecule is Cc1cc(C)c(N2CC[C@H](N3CC[C@@H](O)[C@@H](C)C3)C2=O)c(C)c1. The van der Waals surface area contributed by atoms with E-state index in [4.69, 9.17) is 0 Å². The first kappa shape index (κ1) is 16.5. The number of nitrogens with zero attached hydrogens (tertiary/aromatic N) is 2. The van der Waals surface area contributed by atoms with Crippen LogP contribution in [0.25, 0.3) is 0 Å². The summed E-state index contributed by atoms with van der Waals surface area (Å²) in [5.41, 5.74) is 4.69. The number of aliphatic hydroxyl groups is 1. The van der Waals surface area contributed by atoms with Crippen LogP contribution in [-0.4, -0.2) is 47.7 Å². The highest BCUT2D eigenvalue weighted by atomic mass is 16.3. The van der Waals surface area contributed by atoms with Gasteiger partial charge in [-0.15, -0.1) is 0 Å². The Morgan fingerprint density at radius 3 is 2.35 bits per heavy atom. The number of carbonyl (C=O) groups is 1. The van der Waals surface area contributed by atoms with Gasteiger partial charge >= 0.3 is 0 Å². The summed E-state index contributed by atoms with van der Waals surface area (Å²) in [4.78, 5) is 17.3. The van der Waals surface area contributed by atoms with Crippen LogP contribution >= 0.6 is 0 Å². The fourth-order valence-electron chi connectivity index (χ4n) is 4.27. The van der Waals surface area contributed by atoms with Crippen LogP contribution in [0.15, 0.2) is 12.1 Å². The summed E-state index contributed by atoms with van der Waals surface area (Å²) in [5.74, 6) is 0.470. The molecule has 3 atom stereocenters. The van der Waals surface area contributed by atoms with Crippen molar-refractivity contribution < 1.29 is 9.90 Å². The summed E-state index contributed by atoms with van der Waals surface area (Å²) in [6.07, 6.45) is 1.43. The van der Waals surface area contributed by atoms with Gasteiger partial charge in [0.15, 0.2) is 0 Å². The summed E-state index contributed by atoms with van der Waals surface area (Å²) in [7, 11) is 0. The molecule has 4 nitrogen and oxygen atoms in total. The number of likely N-dealkylation sites (tertiary alicyclic amines) is 1. The Morgan fingerprint density at radius 2 is 1.74 bits per heavy atom. The highest BCUT2D eigenvalue weighted by Crippen LogP contribution is 2.32. The lowest BCUT2D eigenvalue weighted by Crippen LogP contribution is -2.50. The van der Waals surface area contributed by atoms with Crippen LogP contribution in [0.1, 0.15) is 36.5 Å². The first-order valence-electron chi connectivity index (χ1n) is 8.70. The molecule has 126 valence electrons. The molecule has 0 radical (unpaired) electrons. The Morgan fingerprint density at radius 1 is 1.09 bits per heavy atom. The minimum Gasteiger partial charge on any atom is -0.393 e. The van der Waals surface area contributed by atoms with E-state index in [1.54, 1.807) is 0 Å². The second-order valence-corrected chi connectivity index (χ2v) is 7.37. The molecular formula is C19H28N2O2. The lowest BCUT2D eigenvalue weighted by atomic mass is 9.95. The maximum absolute atomic E-state index is 13.0. The maximum atomic E-state index is 13.0. The second kappa shape index (κ2) is 6.25. The number of hydrogen-bond acceptors (Lipinski definition) is 3. The molecule has 2 aliphatic heterocycles. The van der Waals surface area contributed by atoms with Crippen LogP contribution in [0.5, 0.6) is 0 Å². The molecule has 1 N–H and O–H groups in total. The molecule has 4 heteroatoms. The summed E-state index contributed by atoms with van der Waals surface area (Å²) < 4.78 is 0. The number of hydrogen-bond donors (Lipinski definition) is 1. The lowest BCUT2D eigenvalue weighted by Gasteiger charge is -2.37. The molecule has 0 saturated carbocycles. The fraction of sp³-hybridized carbons (Fsp3) is 0.632. The van der Waals surface area contributed by atoms with E-state index in [0.29, 0.717) is 0 Å². The third-order valence-corrected chi connectivity index (χ3v) is 5.41. The predicted octanol–water partition coefficient (Wildman–Crippen LogP) is 2.42. The normalized spacial score (nSPS) is 29.3. The van der Waals surface area contributed by atoms with Gasteiger partial charge in [0.05, 0.1) is 12.1 Å². The molecule has 2 saturated heterocycles. The molecule has 1 amide bonds. The Kier molecular flexibility index (Phi) is 4.47. The quantitative estimate of drug-likeness (QED) is 0.911. The molecule has 0 aliphatic carbocycles. The van der Waals surface area contributed by atoms with E-state index in [2.05, 4.69) is 44.7 Å². The van der Waals surface area contributed by atoms with Crippen LogP contribution in [-0.2, 0) is 4.79 Å². The van der Waals surface area contributed by atoms with Crippen molar-refractivity contribution in [1.82, 2.24) is 4.90 Å². The number of rotatable bonds is 2. The summed E-state index contributed by atoms with van der Waals surface area (Å²) in [5, 5.41) is 9.91. The minimum absolute atomic E-state index is 0.0231. The second-order valence-electron chi connectivity index (χ2n) is 7.37. The van der Waals surface area contributed by atoms with E-state index in [1.165, 1.54) is 16.7 Å². The van der Waals surface area contributed by atoms with Crippen molar-refractivity contribution in [2.75, 3.05) is 24.5 Å². The molecule has 0 bridgehead atoms. The zero-order valence-electron chi connectivity index (χ0n) is 14.7. The number of carbonyl (C=O) groups excluding carboxylic acids is 1. The van der Waals surface area contributed by atoms with Gasteiger partial charge in [-0.3, -0.25) is 9.69 Å². The third-order valence-electron chi connectivity index (χ3n) is 5.41. The highest BCUT2D eigenvalue weighted by Gasteiger charge is 2.40. The van der Waals surface area contributed by atoms with E-state index >= 15 is 0 Å². The average Bonchev–Trinajstić information content (AvgIpc) is 2.83. The van der Waals surface area contributed by atoms with Crippen molar-refractivity contribution in [3.8, 4) is 0 Å². The van der Waals surface area contributed by atoms with Gasteiger partial charge in [0.25, 0.3) is 0 Å².